The van der Waals surface area contributed by atoms with Crippen molar-refractivity contribution >= 4 is 22.6 Å². The highest BCUT2D eigenvalue weighted by atomic mass is 35.5. The van der Waals surface area contributed by atoms with Crippen LogP contribution in [0.4, 0.5) is 13.2 Å². The third-order valence-corrected chi connectivity index (χ3v) is 4.92. The number of aromatic nitrogens is 3. The number of benzene rings is 2. The first kappa shape index (κ1) is 21.8. The van der Waals surface area contributed by atoms with Crippen LogP contribution in [0.15, 0.2) is 53.3 Å². The van der Waals surface area contributed by atoms with Gasteiger partial charge in [0, 0.05) is 30.0 Å². The predicted molar refractivity (Wildman–Crippen MR) is 113 cm³/mol. The third-order valence-electron chi connectivity index (χ3n) is 4.61. The molecule has 0 amide bonds. The van der Waals surface area contributed by atoms with E-state index in [1.54, 1.807) is 0 Å². The molecule has 32 heavy (non-hydrogen) atoms. The molecule has 0 saturated carbocycles. The van der Waals surface area contributed by atoms with Gasteiger partial charge in [-0.15, -0.1) is 0 Å². The van der Waals surface area contributed by atoms with E-state index in [0.29, 0.717) is 5.56 Å². The molecule has 0 bridgehead atoms. The molecule has 4 aromatic rings. The Balaban J connectivity index is 2.07. The molecule has 10 heteroatoms. The molecule has 2 aromatic heterocycles. The van der Waals surface area contributed by atoms with E-state index in [1.807, 2.05) is 0 Å². The molecular formula is C22H15ClF3N3O3. The molecule has 0 aliphatic rings. The Labute approximate surface area is 184 Å². The van der Waals surface area contributed by atoms with E-state index in [2.05, 4.69) is 9.97 Å². The SMILES string of the molecule is O=c1ccc2c(-c3ccc(F)cc3Cl)nc(OCCCO)nc2n1-c1c(F)cccc1F. The van der Waals surface area contributed by atoms with Crippen molar-refractivity contribution in [2.75, 3.05) is 13.2 Å². The lowest BCUT2D eigenvalue weighted by atomic mass is 10.1. The summed E-state index contributed by atoms with van der Waals surface area (Å²) in [4.78, 5) is 21.2. The van der Waals surface area contributed by atoms with Gasteiger partial charge >= 0.3 is 6.01 Å². The van der Waals surface area contributed by atoms with Crippen molar-refractivity contribution in [1.82, 2.24) is 14.5 Å². The predicted octanol–water partition coefficient (Wildman–Crippen LogP) is 4.28. The number of ether oxygens (including phenoxy) is 1. The van der Waals surface area contributed by atoms with Gasteiger partial charge in [0.1, 0.15) is 23.1 Å². The Hall–Kier alpha value is -3.43. The second-order valence-corrected chi connectivity index (χ2v) is 7.13. The van der Waals surface area contributed by atoms with Crippen molar-refractivity contribution in [3.63, 3.8) is 0 Å². The molecule has 0 unspecified atom stereocenters. The van der Waals surface area contributed by atoms with Gasteiger partial charge in [-0.2, -0.15) is 9.97 Å². The minimum Gasteiger partial charge on any atom is -0.463 e. The average Bonchev–Trinajstić information content (AvgIpc) is 2.75. The van der Waals surface area contributed by atoms with Gasteiger partial charge in [0.2, 0.25) is 0 Å². The first-order valence-electron chi connectivity index (χ1n) is 9.48. The van der Waals surface area contributed by atoms with Gasteiger partial charge in [0.25, 0.3) is 5.56 Å². The monoisotopic (exact) mass is 461 g/mol. The highest BCUT2D eigenvalue weighted by Crippen LogP contribution is 2.34. The van der Waals surface area contributed by atoms with Gasteiger partial charge in [0.15, 0.2) is 5.65 Å². The number of aliphatic hydroxyl groups is 1. The van der Waals surface area contributed by atoms with Crippen LogP contribution in [0.25, 0.3) is 28.0 Å². The van der Waals surface area contributed by atoms with Crippen LogP contribution in [0, 0.1) is 17.5 Å². The fourth-order valence-corrected chi connectivity index (χ4v) is 3.45. The number of nitrogens with zero attached hydrogens (tertiary/aromatic N) is 3. The zero-order valence-corrected chi connectivity index (χ0v) is 17.1. The highest BCUT2D eigenvalue weighted by Gasteiger charge is 2.21. The normalized spacial score (nSPS) is 11.2. The van der Waals surface area contributed by atoms with E-state index in [9.17, 15) is 18.0 Å². The molecule has 0 atom stereocenters. The minimum absolute atomic E-state index is 0.0288. The molecule has 0 aliphatic carbocycles. The van der Waals surface area contributed by atoms with E-state index in [1.165, 1.54) is 24.3 Å². The number of pyridine rings is 1. The van der Waals surface area contributed by atoms with Crippen molar-refractivity contribution < 1.29 is 23.0 Å². The van der Waals surface area contributed by atoms with Crippen LogP contribution in [0.1, 0.15) is 6.42 Å². The minimum atomic E-state index is -0.970. The van der Waals surface area contributed by atoms with Gasteiger partial charge in [-0.05, 0) is 36.4 Å². The molecule has 0 saturated heterocycles. The summed E-state index contributed by atoms with van der Waals surface area (Å²) in [6.45, 7) is -0.0981. The van der Waals surface area contributed by atoms with Gasteiger partial charge in [-0.1, -0.05) is 17.7 Å². The largest absolute Gasteiger partial charge is 0.463 e. The van der Waals surface area contributed by atoms with Crippen LogP contribution >= 0.6 is 11.6 Å². The summed E-state index contributed by atoms with van der Waals surface area (Å²) in [7, 11) is 0. The molecule has 1 N–H and O–H groups in total. The number of fused-ring (bicyclic) bond motifs is 1. The molecule has 4 rings (SSSR count). The maximum atomic E-state index is 14.6. The second-order valence-electron chi connectivity index (χ2n) is 6.72. The Morgan fingerprint density at radius 1 is 1.03 bits per heavy atom. The van der Waals surface area contributed by atoms with Crippen LogP contribution < -0.4 is 10.3 Å². The number of halogens is 4. The topological polar surface area (TPSA) is 77.2 Å². The molecule has 0 aliphatic heterocycles. The van der Waals surface area contributed by atoms with Crippen molar-refractivity contribution in [3.8, 4) is 23.0 Å². The van der Waals surface area contributed by atoms with Gasteiger partial charge in [-0.3, -0.25) is 9.36 Å². The summed E-state index contributed by atoms with van der Waals surface area (Å²) in [5.74, 6) is -2.51. The Kier molecular flexibility index (Phi) is 6.11. The van der Waals surface area contributed by atoms with Crippen molar-refractivity contribution in [2.24, 2.45) is 0 Å². The lowest BCUT2D eigenvalue weighted by Crippen LogP contribution is -2.21. The van der Waals surface area contributed by atoms with E-state index in [4.69, 9.17) is 21.4 Å². The molecule has 2 aromatic carbocycles. The van der Waals surface area contributed by atoms with Crippen molar-refractivity contribution in [1.29, 1.82) is 0 Å². The molecule has 2 heterocycles. The molecule has 0 radical (unpaired) electrons. The maximum Gasteiger partial charge on any atom is 0.318 e. The van der Waals surface area contributed by atoms with Crippen molar-refractivity contribution in [2.45, 2.75) is 6.42 Å². The number of para-hydroxylation sites is 1. The van der Waals surface area contributed by atoms with E-state index in [0.717, 1.165) is 28.8 Å². The van der Waals surface area contributed by atoms with E-state index >= 15 is 0 Å². The lowest BCUT2D eigenvalue weighted by Gasteiger charge is -2.15. The zero-order chi connectivity index (χ0) is 22.8. The molecule has 164 valence electrons. The number of hydrogen-bond donors (Lipinski definition) is 1. The van der Waals surface area contributed by atoms with Crippen LogP contribution in [0.5, 0.6) is 6.01 Å². The highest BCUT2D eigenvalue weighted by molar-refractivity contribution is 6.33. The van der Waals surface area contributed by atoms with Crippen LogP contribution in [-0.2, 0) is 0 Å². The van der Waals surface area contributed by atoms with Crippen molar-refractivity contribution in [3.05, 3.63) is 81.4 Å². The first-order chi connectivity index (χ1) is 15.4. The molecule has 6 nitrogen and oxygen atoms in total. The zero-order valence-electron chi connectivity index (χ0n) is 16.4. The van der Waals surface area contributed by atoms with Crippen LogP contribution in [0.2, 0.25) is 5.02 Å². The van der Waals surface area contributed by atoms with E-state index < -0.39 is 28.7 Å². The van der Waals surface area contributed by atoms with E-state index in [-0.39, 0.29) is 47.4 Å². The summed E-state index contributed by atoms with van der Waals surface area (Å²) in [5, 5.41) is 9.26. The smallest absolute Gasteiger partial charge is 0.318 e. The Bertz CT molecular complexity index is 1360. The standard InChI is InChI=1S/C22H15ClF3N3O3/c23-15-11-12(24)5-6-13(15)19-14-7-8-18(31)29(20-16(25)3-1-4-17(20)26)21(14)28-22(27-19)32-10-2-9-30/h1,3-8,11,30H,2,9-10H2. The fourth-order valence-electron chi connectivity index (χ4n) is 3.19. The van der Waals surface area contributed by atoms with Gasteiger partial charge < -0.3 is 9.84 Å². The summed E-state index contributed by atoms with van der Waals surface area (Å²) in [6.07, 6.45) is 0.275. The lowest BCUT2D eigenvalue weighted by molar-refractivity contribution is 0.224. The molecular weight excluding hydrogens is 447 g/mol. The molecule has 0 spiro atoms. The molecule has 0 fully saturated rings. The number of rotatable bonds is 6. The summed E-state index contributed by atoms with van der Waals surface area (Å²) in [5.41, 5.74) is -1.01. The van der Waals surface area contributed by atoms with Gasteiger partial charge in [0.05, 0.1) is 17.3 Å². The average molecular weight is 462 g/mol. The fraction of sp³-hybridized carbons (Fsp3) is 0.136. The van der Waals surface area contributed by atoms with Gasteiger partial charge in [-0.25, -0.2) is 13.2 Å². The quantitative estimate of drug-likeness (QED) is 0.434. The third kappa shape index (κ3) is 4.04. The summed E-state index contributed by atoms with van der Waals surface area (Å²) >= 11 is 6.22. The summed E-state index contributed by atoms with van der Waals surface area (Å²) < 4.78 is 49.0. The second kappa shape index (κ2) is 8.97. The maximum absolute atomic E-state index is 14.6. The number of aliphatic hydroxyl groups excluding tert-OH is 1. The van der Waals surface area contributed by atoms with Crippen LogP contribution in [-0.4, -0.2) is 32.9 Å². The number of hydrogen-bond acceptors (Lipinski definition) is 5. The Morgan fingerprint density at radius 2 is 1.78 bits per heavy atom. The summed E-state index contributed by atoms with van der Waals surface area (Å²) in [6, 6.07) is 9.14. The first-order valence-corrected chi connectivity index (χ1v) is 9.86. The van der Waals surface area contributed by atoms with Crippen LogP contribution in [0.3, 0.4) is 0 Å². The Morgan fingerprint density at radius 3 is 2.47 bits per heavy atom.